The average molecular weight is 359 g/mol. The molecule has 0 spiro atoms. The van der Waals surface area contributed by atoms with Crippen molar-refractivity contribution in [1.82, 2.24) is 19.7 Å². The Bertz CT molecular complexity index is 1110. The molecule has 1 amide bonds. The molecule has 4 rings (SSSR count). The van der Waals surface area contributed by atoms with Crippen molar-refractivity contribution in [3.8, 4) is 11.4 Å². The number of hydrogen-bond acceptors (Lipinski definition) is 3. The van der Waals surface area contributed by atoms with Gasteiger partial charge in [0, 0.05) is 23.9 Å². The van der Waals surface area contributed by atoms with Crippen molar-refractivity contribution in [2.75, 3.05) is 5.32 Å². The van der Waals surface area contributed by atoms with Crippen LogP contribution >= 0.6 is 0 Å². The molecule has 6 heteroatoms. The van der Waals surface area contributed by atoms with E-state index < -0.39 is 0 Å². The van der Waals surface area contributed by atoms with Gasteiger partial charge in [-0.2, -0.15) is 5.10 Å². The Balaban J connectivity index is 1.62. The van der Waals surface area contributed by atoms with E-state index in [0.717, 1.165) is 45.1 Å². The molecule has 0 aliphatic rings. The lowest BCUT2D eigenvalue weighted by molar-refractivity contribution is -0.115. The summed E-state index contributed by atoms with van der Waals surface area (Å²) in [6.07, 6.45) is 0.292. The highest BCUT2D eigenvalue weighted by atomic mass is 16.1. The lowest BCUT2D eigenvalue weighted by atomic mass is 10.1. The molecule has 136 valence electrons. The van der Waals surface area contributed by atoms with Crippen LogP contribution in [0.2, 0.25) is 0 Å². The normalized spacial score (nSPS) is 11.1. The molecule has 0 radical (unpaired) electrons. The number of imidazole rings is 1. The van der Waals surface area contributed by atoms with E-state index in [9.17, 15) is 4.79 Å². The molecule has 2 aromatic carbocycles. The predicted octanol–water partition coefficient (Wildman–Crippen LogP) is 3.76. The largest absolute Gasteiger partial charge is 0.338 e. The Kier molecular flexibility index (Phi) is 4.24. The van der Waals surface area contributed by atoms with Gasteiger partial charge in [0.2, 0.25) is 5.91 Å². The minimum atomic E-state index is -0.0715. The number of rotatable bonds is 4. The van der Waals surface area contributed by atoms with Crippen molar-refractivity contribution in [1.29, 1.82) is 0 Å². The van der Waals surface area contributed by atoms with Gasteiger partial charge in [-0.3, -0.25) is 9.48 Å². The summed E-state index contributed by atoms with van der Waals surface area (Å²) in [6.45, 7) is 3.91. The van der Waals surface area contributed by atoms with Crippen molar-refractivity contribution >= 4 is 22.6 Å². The summed E-state index contributed by atoms with van der Waals surface area (Å²) >= 11 is 0. The number of hydrogen-bond donors (Lipinski definition) is 2. The number of benzene rings is 2. The van der Waals surface area contributed by atoms with Crippen molar-refractivity contribution in [3.63, 3.8) is 0 Å². The third kappa shape index (κ3) is 3.21. The van der Waals surface area contributed by atoms with Crippen LogP contribution < -0.4 is 5.32 Å². The number of aryl methyl sites for hydroxylation is 2. The second-order valence-electron chi connectivity index (χ2n) is 6.65. The maximum Gasteiger partial charge on any atom is 0.228 e. The first-order chi connectivity index (χ1) is 13.0. The molecule has 0 saturated heterocycles. The number of H-pyrrole nitrogens is 1. The standard InChI is InChI=1S/C21H21N5O/c1-13-16(14(2)26(3)25-13)12-20(27)22-17-9-5-4-8-15(17)21-23-18-10-6-7-11-19(18)24-21/h4-11H,12H2,1-3H3,(H,22,27)(H,23,24). The molecular weight excluding hydrogens is 338 g/mol. The monoisotopic (exact) mass is 359 g/mol. The van der Waals surface area contributed by atoms with E-state index in [4.69, 9.17) is 0 Å². The van der Waals surface area contributed by atoms with Crippen LogP contribution in [0.1, 0.15) is 17.0 Å². The number of anilines is 1. The molecule has 2 aromatic heterocycles. The van der Waals surface area contributed by atoms with Gasteiger partial charge in [0.15, 0.2) is 0 Å². The Morgan fingerprint density at radius 3 is 2.59 bits per heavy atom. The first-order valence-corrected chi connectivity index (χ1v) is 8.86. The van der Waals surface area contributed by atoms with Crippen LogP contribution in [0.25, 0.3) is 22.4 Å². The number of nitrogens with zero attached hydrogens (tertiary/aromatic N) is 3. The van der Waals surface area contributed by atoms with Gasteiger partial charge in [0.05, 0.1) is 28.8 Å². The molecule has 2 N–H and O–H groups in total. The highest BCUT2D eigenvalue weighted by molar-refractivity contribution is 5.96. The Hall–Kier alpha value is -3.41. The number of carbonyl (C=O) groups excluding carboxylic acids is 1. The number of amides is 1. The number of aromatic amines is 1. The molecule has 4 aromatic rings. The molecule has 0 unspecified atom stereocenters. The maximum absolute atomic E-state index is 12.7. The number of aromatic nitrogens is 4. The number of para-hydroxylation sites is 3. The topological polar surface area (TPSA) is 75.6 Å². The lowest BCUT2D eigenvalue weighted by Gasteiger charge is -2.10. The summed E-state index contributed by atoms with van der Waals surface area (Å²) in [4.78, 5) is 20.6. The van der Waals surface area contributed by atoms with Gasteiger partial charge >= 0.3 is 0 Å². The SMILES string of the molecule is Cc1nn(C)c(C)c1CC(=O)Nc1ccccc1-c1nc2ccccc2[nH]1. The van der Waals surface area contributed by atoms with Crippen molar-refractivity contribution in [2.24, 2.45) is 7.05 Å². The van der Waals surface area contributed by atoms with Crippen molar-refractivity contribution in [2.45, 2.75) is 20.3 Å². The first-order valence-electron chi connectivity index (χ1n) is 8.86. The van der Waals surface area contributed by atoms with Crippen LogP contribution in [-0.2, 0) is 18.3 Å². The van der Waals surface area contributed by atoms with Crippen LogP contribution in [0.3, 0.4) is 0 Å². The summed E-state index contributed by atoms with van der Waals surface area (Å²) < 4.78 is 1.81. The van der Waals surface area contributed by atoms with Gasteiger partial charge in [-0.05, 0) is 38.1 Å². The van der Waals surface area contributed by atoms with E-state index in [1.807, 2.05) is 69.4 Å². The molecule has 0 aliphatic heterocycles. The van der Waals surface area contributed by atoms with Gasteiger partial charge in [0.25, 0.3) is 0 Å². The quantitative estimate of drug-likeness (QED) is 0.582. The van der Waals surface area contributed by atoms with Crippen LogP contribution in [0.4, 0.5) is 5.69 Å². The average Bonchev–Trinajstić information content (AvgIpc) is 3.18. The highest BCUT2D eigenvalue weighted by Crippen LogP contribution is 2.27. The molecular formula is C21H21N5O. The molecule has 27 heavy (non-hydrogen) atoms. The third-order valence-electron chi connectivity index (χ3n) is 4.84. The molecule has 0 saturated carbocycles. The molecule has 0 aliphatic carbocycles. The van der Waals surface area contributed by atoms with Crippen LogP contribution in [0.5, 0.6) is 0 Å². The Morgan fingerprint density at radius 1 is 1.11 bits per heavy atom. The van der Waals surface area contributed by atoms with Crippen LogP contribution in [0, 0.1) is 13.8 Å². The summed E-state index contributed by atoms with van der Waals surface area (Å²) in [7, 11) is 1.89. The first kappa shape index (κ1) is 17.0. The summed E-state index contributed by atoms with van der Waals surface area (Å²) in [5, 5.41) is 7.41. The molecule has 0 atom stereocenters. The van der Waals surface area contributed by atoms with Crippen molar-refractivity contribution in [3.05, 3.63) is 65.5 Å². The molecule has 0 fully saturated rings. The van der Waals surface area contributed by atoms with Crippen LogP contribution in [0.15, 0.2) is 48.5 Å². The van der Waals surface area contributed by atoms with Gasteiger partial charge in [-0.1, -0.05) is 24.3 Å². The Labute approximate surface area is 157 Å². The third-order valence-corrected chi connectivity index (χ3v) is 4.84. The van der Waals surface area contributed by atoms with E-state index in [-0.39, 0.29) is 5.91 Å². The minimum absolute atomic E-state index is 0.0715. The van der Waals surface area contributed by atoms with Gasteiger partial charge in [-0.15, -0.1) is 0 Å². The second kappa shape index (κ2) is 6.72. The van der Waals surface area contributed by atoms with E-state index in [0.29, 0.717) is 6.42 Å². The summed E-state index contributed by atoms with van der Waals surface area (Å²) in [5.41, 5.74) is 6.33. The van der Waals surface area contributed by atoms with Gasteiger partial charge in [0.1, 0.15) is 5.82 Å². The van der Waals surface area contributed by atoms with Gasteiger partial charge in [-0.25, -0.2) is 4.98 Å². The maximum atomic E-state index is 12.7. The van der Waals surface area contributed by atoms with Crippen LogP contribution in [-0.4, -0.2) is 25.7 Å². The number of fused-ring (bicyclic) bond motifs is 1. The fourth-order valence-electron chi connectivity index (χ4n) is 3.31. The van der Waals surface area contributed by atoms with E-state index >= 15 is 0 Å². The molecule has 6 nitrogen and oxygen atoms in total. The van der Waals surface area contributed by atoms with E-state index in [1.165, 1.54) is 0 Å². The fraction of sp³-hybridized carbons (Fsp3) is 0.190. The van der Waals surface area contributed by atoms with Gasteiger partial charge < -0.3 is 10.3 Å². The zero-order valence-corrected chi connectivity index (χ0v) is 15.6. The Morgan fingerprint density at radius 2 is 1.85 bits per heavy atom. The smallest absolute Gasteiger partial charge is 0.228 e. The molecule has 0 bridgehead atoms. The fourth-order valence-corrected chi connectivity index (χ4v) is 3.31. The van der Waals surface area contributed by atoms with E-state index in [1.54, 1.807) is 4.68 Å². The number of nitrogens with one attached hydrogen (secondary N) is 2. The molecule has 2 heterocycles. The second-order valence-corrected chi connectivity index (χ2v) is 6.65. The minimum Gasteiger partial charge on any atom is -0.338 e. The van der Waals surface area contributed by atoms with Crippen molar-refractivity contribution < 1.29 is 4.79 Å². The predicted molar refractivity (Wildman–Crippen MR) is 107 cm³/mol. The zero-order valence-electron chi connectivity index (χ0n) is 15.6. The number of carbonyl (C=O) groups is 1. The summed E-state index contributed by atoms with van der Waals surface area (Å²) in [6, 6.07) is 15.6. The van der Waals surface area contributed by atoms with E-state index in [2.05, 4.69) is 20.4 Å². The highest BCUT2D eigenvalue weighted by Gasteiger charge is 2.16. The zero-order chi connectivity index (χ0) is 19.0. The summed E-state index contributed by atoms with van der Waals surface area (Å²) in [5.74, 6) is 0.665. The lowest BCUT2D eigenvalue weighted by Crippen LogP contribution is -2.16.